The van der Waals surface area contributed by atoms with Gasteiger partial charge in [-0.1, -0.05) is 43.3 Å². The number of aliphatic hydroxyl groups excluding tert-OH is 1. The first-order valence-corrected chi connectivity index (χ1v) is 11.6. The molecule has 0 amide bonds. The van der Waals surface area contributed by atoms with Gasteiger partial charge in [0.1, 0.15) is 0 Å². The molecule has 1 aliphatic carbocycles. The summed E-state index contributed by atoms with van der Waals surface area (Å²) in [5, 5.41) is 10.5. The average Bonchev–Trinajstić information content (AvgIpc) is 3.41. The number of nitrogens with zero attached hydrogens (tertiary/aromatic N) is 1. The highest BCUT2D eigenvalue weighted by atomic mass is 19.4. The van der Waals surface area contributed by atoms with Crippen molar-refractivity contribution < 1.29 is 27.8 Å². The van der Waals surface area contributed by atoms with Gasteiger partial charge in [-0.2, -0.15) is 13.2 Å². The highest BCUT2D eigenvalue weighted by Crippen LogP contribution is 2.50. The van der Waals surface area contributed by atoms with Crippen LogP contribution < -0.4 is 9.47 Å². The van der Waals surface area contributed by atoms with Crippen LogP contribution in [0.15, 0.2) is 48.5 Å². The quantitative estimate of drug-likeness (QED) is 0.585. The number of benzene rings is 2. The minimum atomic E-state index is -4.70. The first-order valence-electron chi connectivity index (χ1n) is 11.6. The number of hydrogen-bond donors (Lipinski definition) is 1. The van der Waals surface area contributed by atoms with Crippen molar-refractivity contribution in [2.24, 2.45) is 5.41 Å². The lowest BCUT2D eigenvalue weighted by atomic mass is 9.71. The Balaban J connectivity index is 1.66. The third kappa shape index (κ3) is 5.14. The van der Waals surface area contributed by atoms with Crippen molar-refractivity contribution in [1.29, 1.82) is 0 Å². The summed E-state index contributed by atoms with van der Waals surface area (Å²) in [5.74, 6) is 0.616. The van der Waals surface area contributed by atoms with Gasteiger partial charge in [0, 0.05) is 31.0 Å². The second-order valence-corrected chi connectivity index (χ2v) is 9.59. The molecule has 0 spiro atoms. The van der Waals surface area contributed by atoms with Crippen LogP contribution >= 0.6 is 0 Å². The number of alkyl halides is 3. The van der Waals surface area contributed by atoms with Crippen LogP contribution in [0.1, 0.15) is 49.7 Å². The molecule has 1 heterocycles. The number of hydrogen-bond acceptors (Lipinski definition) is 4. The number of methoxy groups -OCH3 is 1. The van der Waals surface area contributed by atoms with Crippen molar-refractivity contribution in [3.63, 3.8) is 0 Å². The van der Waals surface area contributed by atoms with Gasteiger partial charge in [-0.05, 0) is 48.9 Å². The number of ether oxygens (including phenoxy) is 2. The highest BCUT2D eigenvalue weighted by Gasteiger charge is 2.57. The van der Waals surface area contributed by atoms with E-state index in [0.717, 1.165) is 36.8 Å². The molecule has 1 saturated carbocycles. The van der Waals surface area contributed by atoms with Gasteiger partial charge in [0.05, 0.1) is 13.2 Å². The average molecular weight is 464 g/mol. The first kappa shape index (κ1) is 23.9. The van der Waals surface area contributed by atoms with Gasteiger partial charge in [0.15, 0.2) is 17.6 Å². The zero-order valence-electron chi connectivity index (χ0n) is 19.1. The Kier molecular flexibility index (Phi) is 6.91. The molecule has 2 aromatic carbocycles. The molecule has 4 nitrogen and oxygen atoms in total. The SMILES string of the molecule is COc1ccc(C2CN(Cc3ccccc3)CC2(C)C(O)C(F)(F)F)cc1OC1CCCC1. The predicted molar refractivity (Wildman–Crippen MR) is 121 cm³/mol. The maximum atomic E-state index is 13.7. The molecule has 3 unspecified atom stereocenters. The molecule has 1 aliphatic heterocycles. The molecule has 0 aromatic heterocycles. The van der Waals surface area contributed by atoms with Crippen LogP contribution in [0, 0.1) is 5.41 Å². The van der Waals surface area contributed by atoms with Gasteiger partial charge in [0.2, 0.25) is 0 Å². The van der Waals surface area contributed by atoms with Gasteiger partial charge in [0.25, 0.3) is 0 Å². The molecule has 3 atom stereocenters. The molecule has 1 saturated heterocycles. The Labute approximate surface area is 193 Å². The topological polar surface area (TPSA) is 41.9 Å². The van der Waals surface area contributed by atoms with Crippen LogP contribution in [0.3, 0.4) is 0 Å². The van der Waals surface area contributed by atoms with Gasteiger partial charge >= 0.3 is 6.18 Å². The first-order chi connectivity index (χ1) is 15.7. The molecule has 7 heteroatoms. The van der Waals surface area contributed by atoms with Crippen molar-refractivity contribution in [3.8, 4) is 11.5 Å². The van der Waals surface area contributed by atoms with Gasteiger partial charge in [-0.25, -0.2) is 0 Å². The summed E-state index contributed by atoms with van der Waals surface area (Å²) in [4.78, 5) is 2.00. The number of aliphatic hydroxyl groups is 1. The monoisotopic (exact) mass is 463 g/mol. The summed E-state index contributed by atoms with van der Waals surface area (Å²) in [7, 11) is 1.56. The summed E-state index contributed by atoms with van der Waals surface area (Å²) in [6.45, 7) is 2.62. The maximum Gasteiger partial charge on any atom is 0.414 e. The molecular formula is C26H32F3NO3. The molecule has 1 N–H and O–H groups in total. The van der Waals surface area contributed by atoms with E-state index in [1.54, 1.807) is 26.2 Å². The standard InChI is InChI=1S/C26H32F3NO3/c1-25(24(31)26(27,28)29)17-30(15-18-8-4-3-5-9-18)16-21(25)19-12-13-22(32-2)23(14-19)33-20-10-6-7-11-20/h3-5,8-9,12-14,20-21,24,31H,6-7,10-11,15-17H2,1-2H3. The van der Waals surface area contributed by atoms with E-state index in [1.165, 1.54) is 0 Å². The summed E-state index contributed by atoms with van der Waals surface area (Å²) in [5.41, 5.74) is 0.360. The molecule has 180 valence electrons. The zero-order chi connectivity index (χ0) is 23.6. The van der Waals surface area contributed by atoms with E-state index in [0.29, 0.717) is 24.6 Å². The van der Waals surface area contributed by atoms with Crippen molar-refractivity contribution in [2.75, 3.05) is 20.2 Å². The Hall–Kier alpha value is -2.25. The molecule has 4 rings (SSSR count). The van der Waals surface area contributed by atoms with Crippen molar-refractivity contribution in [2.45, 2.75) is 63.5 Å². The van der Waals surface area contributed by atoms with E-state index in [1.807, 2.05) is 41.3 Å². The Morgan fingerprint density at radius 1 is 1.09 bits per heavy atom. The van der Waals surface area contributed by atoms with Crippen LogP contribution in [0.4, 0.5) is 13.2 Å². The minimum Gasteiger partial charge on any atom is -0.493 e. The largest absolute Gasteiger partial charge is 0.493 e. The molecule has 2 aliphatic rings. The van der Waals surface area contributed by atoms with Crippen molar-refractivity contribution in [3.05, 3.63) is 59.7 Å². The molecule has 0 bridgehead atoms. The minimum absolute atomic E-state index is 0.0967. The molecular weight excluding hydrogens is 431 g/mol. The third-order valence-electron chi connectivity index (χ3n) is 7.17. The molecule has 0 radical (unpaired) electrons. The van der Waals surface area contributed by atoms with Crippen molar-refractivity contribution >= 4 is 0 Å². The highest BCUT2D eigenvalue weighted by molar-refractivity contribution is 5.45. The Morgan fingerprint density at radius 2 is 1.79 bits per heavy atom. The lowest BCUT2D eigenvalue weighted by molar-refractivity contribution is -0.237. The van der Waals surface area contributed by atoms with E-state index in [-0.39, 0.29) is 12.6 Å². The zero-order valence-corrected chi connectivity index (χ0v) is 19.1. The van der Waals surface area contributed by atoms with Gasteiger partial charge in [-0.3, -0.25) is 4.90 Å². The van der Waals surface area contributed by atoms with Crippen LogP contribution in [0.5, 0.6) is 11.5 Å². The maximum absolute atomic E-state index is 13.7. The normalized spacial score (nSPS) is 25.3. The van der Waals surface area contributed by atoms with Crippen molar-refractivity contribution in [1.82, 2.24) is 4.90 Å². The summed E-state index contributed by atoms with van der Waals surface area (Å²) < 4.78 is 52.9. The summed E-state index contributed by atoms with van der Waals surface area (Å²) in [6.07, 6.45) is -2.89. The summed E-state index contributed by atoms with van der Waals surface area (Å²) in [6, 6.07) is 15.1. The van der Waals surface area contributed by atoms with Crippen LogP contribution in [-0.4, -0.2) is 48.6 Å². The van der Waals surface area contributed by atoms with E-state index in [4.69, 9.17) is 9.47 Å². The van der Waals surface area contributed by atoms with E-state index in [9.17, 15) is 18.3 Å². The number of likely N-dealkylation sites (tertiary alicyclic amines) is 1. The predicted octanol–water partition coefficient (Wildman–Crippen LogP) is 5.55. The number of rotatable bonds is 7. The number of halogens is 3. The van der Waals surface area contributed by atoms with E-state index < -0.39 is 23.6 Å². The lowest BCUT2D eigenvalue weighted by Crippen LogP contribution is -2.47. The fraction of sp³-hybridized carbons (Fsp3) is 0.538. The van der Waals surface area contributed by atoms with E-state index in [2.05, 4.69) is 0 Å². The van der Waals surface area contributed by atoms with Gasteiger partial charge in [-0.15, -0.1) is 0 Å². The Bertz CT molecular complexity index is 930. The van der Waals surface area contributed by atoms with E-state index >= 15 is 0 Å². The third-order valence-corrected chi connectivity index (χ3v) is 7.17. The Morgan fingerprint density at radius 3 is 2.42 bits per heavy atom. The molecule has 33 heavy (non-hydrogen) atoms. The fourth-order valence-corrected chi connectivity index (χ4v) is 5.41. The molecule has 2 fully saturated rings. The second kappa shape index (κ2) is 9.55. The fourth-order valence-electron chi connectivity index (χ4n) is 5.41. The second-order valence-electron chi connectivity index (χ2n) is 9.59. The van der Waals surface area contributed by atoms with Gasteiger partial charge < -0.3 is 14.6 Å². The summed E-state index contributed by atoms with van der Waals surface area (Å²) >= 11 is 0. The van der Waals surface area contributed by atoms with Crippen LogP contribution in [0.2, 0.25) is 0 Å². The smallest absolute Gasteiger partial charge is 0.414 e. The van der Waals surface area contributed by atoms with Crippen LogP contribution in [-0.2, 0) is 6.54 Å². The lowest BCUT2D eigenvalue weighted by Gasteiger charge is -2.37. The van der Waals surface area contributed by atoms with Crippen LogP contribution in [0.25, 0.3) is 0 Å². The molecule has 2 aromatic rings.